The van der Waals surface area contributed by atoms with Crippen LogP contribution in [0, 0.1) is 17.9 Å². The van der Waals surface area contributed by atoms with E-state index in [0.29, 0.717) is 17.1 Å². The standard InChI is InChI=1S/C38H30N4O/c1-40-38(28-39)31-26-36(24-18-29-14-20-32(21-15-29)41(2)3)43-37(27-31)25-19-30-16-22-35(23-17-30)42(33-10-6-4-7-11-33)34-12-8-5-9-13-34/h4-27H,2-3H3. The van der Waals surface area contributed by atoms with Gasteiger partial charge in [0.15, 0.2) is 0 Å². The summed E-state index contributed by atoms with van der Waals surface area (Å²) in [7, 11) is 4.01. The Labute approximate surface area is 253 Å². The Morgan fingerprint density at radius 3 is 1.51 bits per heavy atom. The van der Waals surface area contributed by atoms with Gasteiger partial charge in [-0.3, -0.25) is 0 Å². The van der Waals surface area contributed by atoms with E-state index in [1.165, 1.54) is 0 Å². The maximum atomic E-state index is 9.51. The van der Waals surface area contributed by atoms with E-state index >= 15 is 0 Å². The molecular weight excluding hydrogens is 528 g/mol. The lowest BCUT2D eigenvalue weighted by molar-refractivity contribution is 0.332. The van der Waals surface area contributed by atoms with E-state index in [0.717, 1.165) is 33.9 Å². The summed E-state index contributed by atoms with van der Waals surface area (Å²) < 4.78 is 6.12. The van der Waals surface area contributed by atoms with Crippen LogP contribution < -0.4 is 9.80 Å². The lowest BCUT2D eigenvalue weighted by Gasteiger charge is -2.25. The predicted molar refractivity (Wildman–Crippen MR) is 176 cm³/mol. The number of para-hydroxylation sites is 2. The second-order valence-electron chi connectivity index (χ2n) is 9.97. The van der Waals surface area contributed by atoms with E-state index in [1.807, 2.05) is 110 Å². The topological polar surface area (TPSA) is 43.9 Å². The molecule has 0 radical (unpaired) electrons. The number of hydrogen-bond donors (Lipinski definition) is 0. The normalized spacial score (nSPS) is 13.9. The lowest BCUT2D eigenvalue weighted by atomic mass is 10.1. The predicted octanol–water partition coefficient (Wildman–Crippen LogP) is 9.44. The zero-order valence-corrected chi connectivity index (χ0v) is 24.1. The molecule has 0 saturated heterocycles. The van der Waals surface area contributed by atoms with E-state index in [4.69, 9.17) is 11.3 Å². The van der Waals surface area contributed by atoms with Gasteiger partial charge in [0.1, 0.15) is 11.5 Å². The molecule has 5 rings (SSSR count). The Kier molecular flexibility index (Phi) is 8.97. The molecular formula is C38H30N4O. The molecule has 0 aliphatic carbocycles. The number of anilines is 4. The van der Waals surface area contributed by atoms with Crippen molar-refractivity contribution < 1.29 is 4.74 Å². The molecule has 5 nitrogen and oxygen atoms in total. The SMILES string of the molecule is [C-]#[N+]C(C#N)=C1C=C(C=Cc2ccc(N(C)C)cc2)OC(C=Cc2ccc(N(c3ccccc3)c3ccccc3)cc2)=C1. The number of nitrogens with zero attached hydrogens (tertiary/aromatic N) is 4. The number of nitriles is 1. The van der Waals surface area contributed by atoms with Gasteiger partial charge in [0.25, 0.3) is 5.70 Å². The molecule has 0 bridgehead atoms. The summed E-state index contributed by atoms with van der Waals surface area (Å²) in [5.41, 5.74) is 6.83. The number of hydrogen-bond acceptors (Lipinski definition) is 4. The summed E-state index contributed by atoms with van der Waals surface area (Å²) in [6, 6.07) is 39.0. The molecule has 4 aromatic rings. The molecule has 1 aliphatic heterocycles. The zero-order chi connectivity index (χ0) is 30.0. The van der Waals surface area contributed by atoms with Gasteiger partial charge in [0, 0.05) is 36.8 Å². The van der Waals surface area contributed by atoms with Crippen molar-refractivity contribution in [2.24, 2.45) is 0 Å². The second kappa shape index (κ2) is 13.5. The first-order chi connectivity index (χ1) is 21.0. The fourth-order valence-corrected chi connectivity index (χ4v) is 4.57. The number of ether oxygens (including phenoxy) is 1. The van der Waals surface area contributed by atoms with E-state index in [2.05, 4.69) is 58.3 Å². The molecule has 208 valence electrons. The first-order valence-corrected chi connectivity index (χ1v) is 13.8. The van der Waals surface area contributed by atoms with E-state index < -0.39 is 0 Å². The monoisotopic (exact) mass is 558 g/mol. The molecule has 1 heterocycles. The largest absolute Gasteiger partial charge is 0.457 e. The summed E-state index contributed by atoms with van der Waals surface area (Å²) in [5.74, 6) is 1.08. The first kappa shape index (κ1) is 28.5. The number of benzene rings is 4. The molecule has 43 heavy (non-hydrogen) atoms. The van der Waals surface area contributed by atoms with Gasteiger partial charge in [0.2, 0.25) is 0 Å². The Balaban J connectivity index is 1.38. The fourth-order valence-electron chi connectivity index (χ4n) is 4.57. The van der Waals surface area contributed by atoms with Gasteiger partial charge in [-0.05, 0) is 89.5 Å². The van der Waals surface area contributed by atoms with Crippen molar-refractivity contribution in [3.63, 3.8) is 0 Å². The van der Waals surface area contributed by atoms with Crippen molar-refractivity contribution in [1.29, 1.82) is 5.26 Å². The van der Waals surface area contributed by atoms with Crippen molar-refractivity contribution in [2.75, 3.05) is 23.9 Å². The van der Waals surface area contributed by atoms with Crippen molar-refractivity contribution in [2.45, 2.75) is 0 Å². The molecule has 0 N–H and O–H groups in total. The highest BCUT2D eigenvalue weighted by Gasteiger charge is 2.13. The second-order valence-corrected chi connectivity index (χ2v) is 9.97. The van der Waals surface area contributed by atoms with Crippen LogP contribution in [-0.4, -0.2) is 14.1 Å². The molecule has 0 saturated carbocycles. The third-order valence-corrected chi connectivity index (χ3v) is 6.79. The maximum absolute atomic E-state index is 9.51. The minimum atomic E-state index is 0.0155. The van der Waals surface area contributed by atoms with E-state index in [1.54, 1.807) is 12.2 Å². The zero-order valence-electron chi connectivity index (χ0n) is 24.1. The molecule has 0 aromatic heterocycles. The van der Waals surface area contributed by atoms with Gasteiger partial charge in [-0.15, -0.1) is 0 Å². The quantitative estimate of drug-likeness (QED) is 0.160. The first-order valence-electron chi connectivity index (χ1n) is 13.8. The molecule has 1 aliphatic rings. The van der Waals surface area contributed by atoms with Crippen molar-refractivity contribution in [3.8, 4) is 6.07 Å². The molecule has 0 amide bonds. The van der Waals surface area contributed by atoms with E-state index in [9.17, 15) is 5.26 Å². The Morgan fingerprint density at radius 1 is 0.651 bits per heavy atom. The average molecular weight is 559 g/mol. The van der Waals surface area contributed by atoms with Crippen LogP contribution in [0.4, 0.5) is 22.7 Å². The van der Waals surface area contributed by atoms with Crippen molar-refractivity contribution in [3.05, 3.63) is 179 Å². The molecule has 4 aromatic carbocycles. The van der Waals surface area contributed by atoms with Crippen molar-refractivity contribution in [1.82, 2.24) is 0 Å². The van der Waals surface area contributed by atoms with Crippen LogP contribution in [-0.2, 0) is 4.74 Å². The van der Waals surface area contributed by atoms with Gasteiger partial charge in [-0.25, -0.2) is 10.1 Å². The number of rotatable bonds is 8. The molecule has 0 spiro atoms. The summed E-state index contributed by atoms with van der Waals surface area (Å²) in [6.45, 7) is 7.44. The van der Waals surface area contributed by atoms with Gasteiger partial charge >= 0.3 is 0 Å². The molecule has 0 unspecified atom stereocenters. The maximum Gasteiger partial charge on any atom is 0.269 e. The highest BCUT2D eigenvalue weighted by atomic mass is 16.5. The smallest absolute Gasteiger partial charge is 0.269 e. The van der Waals surface area contributed by atoms with Gasteiger partial charge in [-0.2, -0.15) is 0 Å². The molecule has 5 heteroatoms. The van der Waals surface area contributed by atoms with Crippen molar-refractivity contribution >= 4 is 34.9 Å². The average Bonchev–Trinajstić information content (AvgIpc) is 3.05. The van der Waals surface area contributed by atoms with Crippen LogP contribution in [0.1, 0.15) is 11.1 Å². The summed E-state index contributed by atoms with van der Waals surface area (Å²) in [5, 5.41) is 9.51. The lowest BCUT2D eigenvalue weighted by Crippen LogP contribution is -2.09. The molecule has 0 fully saturated rings. The number of allylic oxidation sites excluding steroid dienone is 6. The van der Waals surface area contributed by atoms with Crippen LogP contribution in [0.2, 0.25) is 0 Å². The Morgan fingerprint density at radius 2 is 1.09 bits per heavy atom. The summed E-state index contributed by atoms with van der Waals surface area (Å²) in [4.78, 5) is 7.66. The Hall–Kier alpha value is -6.04. The van der Waals surface area contributed by atoms with Crippen LogP contribution in [0.15, 0.2) is 156 Å². The third kappa shape index (κ3) is 7.19. The molecule has 0 atom stereocenters. The third-order valence-electron chi connectivity index (χ3n) is 6.79. The van der Waals surface area contributed by atoms with Gasteiger partial charge in [0.05, 0.1) is 12.6 Å². The van der Waals surface area contributed by atoms with Gasteiger partial charge in [-0.1, -0.05) is 72.8 Å². The van der Waals surface area contributed by atoms with E-state index in [-0.39, 0.29) is 5.70 Å². The van der Waals surface area contributed by atoms with Crippen LogP contribution >= 0.6 is 0 Å². The summed E-state index contributed by atoms with van der Waals surface area (Å²) in [6.07, 6.45) is 11.0. The summed E-state index contributed by atoms with van der Waals surface area (Å²) >= 11 is 0. The van der Waals surface area contributed by atoms with Crippen LogP contribution in [0.25, 0.3) is 17.0 Å². The van der Waals surface area contributed by atoms with Gasteiger partial charge < -0.3 is 14.5 Å². The van der Waals surface area contributed by atoms with Crippen LogP contribution in [0.3, 0.4) is 0 Å². The Bertz CT molecular complexity index is 1740. The minimum Gasteiger partial charge on any atom is -0.457 e. The highest BCUT2D eigenvalue weighted by molar-refractivity contribution is 5.77. The fraction of sp³-hybridized carbons (Fsp3) is 0.0526. The van der Waals surface area contributed by atoms with Crippen LogP contribution in [0.5, 0.6) is 0 Å². The minimum absolute atomic E-state index is 0.0155. The highest BCUT2D eigenvalue weighted by Crippen LogP contribution is 2.34.